The Morgan fingerprint density at radius 1 is 1.58 bits per heavy atom. The highest BCUT2D eigenvalue weighted by molar-refractivity contribution is 7.09. The zero-order chi connectivity index (χ0) is 13.7. The van der Waals surface area contributed by atoms with E-state index in [0.717, 1.165) is 42.8 Å². The van der Waals surface area contributed by atoms with Crippen LogP contribution in [0.5, 0.6) is 0 Å². The Bertz CT molecular complexity index is 419. The molecule has 0 spiro atoms. The average molecular weight is 282 g/mol. The Balaban J connectivity index is 1.72. The molecule has 19 heavy (non-hydrogen) atoms. The van der Waals surface area contributed by atoms with E-state index in [-0.39, 0.29) is 12.0 Å². The molecule has 0 aromatic carbocycles. The van der Waals surface area contributed by atoms with Gasteiger partial charge in [0.15, 0.2) is 0 Å². The highest BCUT2D eigenvalue weighted by Crippen LogP contribution is 2.23. The molecule has 5 heteroatoms. The van der Waals surface area contributed by atoms with Crippen molar-refractivity contribution in [2.75, 3.05) is 6.54 Å². The Morgan fingerprint density at radius 3 is 3.11 bits per heavy atom. The van der Waals surface area contributed by atoms with Crippen LogP contribution in [0.25, 0.3) is 0 Å². The van der Waals surface area contributed by atoms with Crippen molar-refractivity contribution in [3.05, 3.63) is 16.1 Å². The minimum absolute atomic E-state index is 0.0352. The van der Waals surface area contributed by atoms with E-state index in [1.807, 2.05) is 5.38 Å². The molecule has 2 N–H and O–H groups in total. The third kappa shape index (κ3) is 4.58. The molecule has 1 aromatic rings. The number of hydrogen-bond acceptors (Lipinski definition) is 4. The standard InChI is InChI=1S/C14H22N2O2S/c1-2-14-16-11(9-19-14)7-13(18)15-8-10-4-3-5-12(17)6-10/h9-10,12,17H,2-8H2,1H3,(H,15,18)/t10-,12-/m0/s1. The molecule has 1 aliphatic carbocycles. The van der Waals surface area contributed by atoms with E-state index in [9.17, 15) is 9.90 Å². The summed E-state index contributed by atoms with van der Waals surface area (Å²) in [5, 5.41) is 15.6. The largest absolute Gasteiger partial charge is 0.393 e. The van der Waals surface area contributed by atoms with Gasteiger partial charge in [0.1, 0.15) is 0 Å². The van der Waals surface area contributed by atoms with Crippen molar-refractivity contribution in [1.29, 1.82) is 0 Å². The Hall–Kier alpha value is -0.940. The smallest absolute Gasteiger partial charge is 0.226 e. The molecular weight excluding hydrogens is 260 g/mol. The number of rotatable bonds is 5. The molecule has 4 nitrogen and oxygen atoms in total. The highest BCUT2D eigenvalue weighted by Gasteiger charge is 2.20. The van der Waals surface area contributed by atoms with Gasteiger partial charge in [-0.15, -0.1) is 11.3 Å². The van der Waals surface area contributed by atoms with Gasteiger partial charge >= 0.3 is 0 Å². The van der Waals surface area contributed by atoms with Gasteiger partial charge in [0.2, 0.25) is 5.91 Å². The van der Waals surface area contributed by atoms with Gasteiger partial charge in [-0.25, -0.2) is 4.98 Å². The molecule has 0 bridgehead atoms. The van der Waals surface area contributed by atoms with Crippen molar-refractivity contribution in [2.45, 2.75) is 51.6 Å². The van der Waals surface area contributed by atoms with Gasteiger partial charge in [-0.05, 0) is 31.6 Å². The van der Waals surface area contributed by atoms with Gasteiger partial charge in [-0.1, -0.05) is 13.3 Å². The Kier molecular flexibility index (Phi) is 5.34. The Morgan fingerprint density at radius 2 is 2.42 bits per heavy atom. The van der Waals surface area contributed by atoms with E-state index < -0.39 is 0 Å². The quantitative estimate of drug-likeness (QED) is 0.867. The lowest BCUT2D eigenvalue weighted by atomic mass is 9.87. The maximum absolute atomic E-state index is 11.8. The van der Waals surface area contributed by atoms with Crippen LogP contribution in [-0.2, 0) is 17.6 Å². The second-order valence-corrected chi connectivity index (χ2v) is 6.20. The number of amides is 1. The minimum atomic E-state index is -0.179. The summed E-state index contributed by atoms with van der Waals surface area (Å²) >= 11 is 1.61. The maximum atomic E-state index is 11.8. The van der Waals surface area contributed by atoms with E-state index in [0.29, 0.717) is 18.9 Å². The van der Waals surface area contributed by atoms with Crippen LogP contribution in [0, 0.1) is 5.92 Å². The van der Waals surface area contributed by atoms with E-state index in [2.05, 4.69) is 17.2 Å². The molecule has 1 fully saturated rings. The molecule has 1 aromatic heterocycles. The lowest BCUT2D eigenvalue weighted by Crippen LogP contribution is -2.33. The number of thiazole rings is 1. The highest BCUT2D eigenvalue weighted by atomic mass is 32.1. The molecule has 1 amide bonds. The summed E-state index contributed by atoms with van der Waals surface area (Å²) < 4.78 is 0. The number of carbonyl (C=O) groups is 1. The number of aliphatic hydroxyl groups is 1. The fraction of sp³-hybridized carbons (Fsp3) is 0.714. The number of nitrogens with zero attached hydrogens (tertiary/aromatic N) is 1. The van der Waals surface area contributed by atoms with Crippen LogP contribution in [0.2, 0.25) is 0 Å². The number of carbonyl (C=O) groups excluding carboxylic acids is 1. The monoisotopic (exact) mass is 282 g/mol. The molecule has 1 saturated carbocycles. The van der Waals surface area contributed by atoms with Crippen molar-refractivity contribution in [3.63, 3.8) is 0 Å². The van der Waals surface area contributed by atoms with Crippen molar-refractivity contribution >= 4 is 17.2 Å². The number of aromatic nitrogens is 1. The van der Waals surface area contributed by atoms with E-state index in [4.69, 9.17) is 0 Å². The summed E-state index contributed by atoms with van der Waals surface area (Å²) in [4.78, 5) is 16.2. The topological polar surface area (TPSA) is 62.2 Å². The Labute approximate surface area is 118 Å². The van der Waals surface area contributed by atoms with Crippen LogP contribution in [0.15, 0.2) is 5.38 Å². The van der Waals surface area contributed by atoms with Gasteiger partial charge in [0.05, 0.1) is 23.2 Å². The van der Waals surface area contributed by atoms with Crippen LogP contribution in [0.3, 0.4) is 0 Å². The molecule has 2 atom stereocenters. The lowest BCUT2D eigenvalue weighted by molar-refractivity contribution is -0.120. The fourth-order valence-electron chi connectivity index (χ4n) is 2.53. The van der Waals surface area contributed by atoms with E-state index in [1.54, 1.807) is 11.3 Å². The van der Waals surface area contributed by atoms with Crippen LogP contribution < -0.4 is 5.32 Å². The summed E-state index contributed by atoms with van der Waals surface area (Å²) in [7, 11) is 0. The summed E-state index contributed by atoms with van der Waals surface area (Å²) in [6, 6.07) is 0. The van der Waals surface area contributed by atoms with Gasteiger partial charge < -0.3 is 10.4 Å². The molecule has 1 heterocycles. The number of nitrogens with one attached hydrogen (secondary N) is 1. The third-order valence-electron chi connectivity index (χ3n) is 3.59. The first kappa shape index (κ1) is 14.5. The lowest BCUT2D eigenvalue weighted by Gasteiger charge is -2.25. The van der Waals surface area contributed by atoms with Gasteiger partial charge in [0.25, 0.3) is 0 Å². The van der Waals surface area contributed by atoms with Gasteiger partial charge in [-0.2, -0.15) is 0 Å². The number of aliphatic hydroxyl groups excluding tert-OH is 1. The summed E-state index contributed by atoms with van der Waals surface area (Å²) in [6.07, 6.45) is 5.00. The molecule has 106 valence electrons. The molecule has 1 aliphatic rings. The molecule has 0 aliphatic heterocycles. The molecule has 0 unspecified atom stereocenters. The van der Waals surface area contributed by atoms with Crippen molar-refractivity contribution in [2.24, 2.45) is 5.92 Å². The second-order valence-electron chi connectivity index (χ2n) is 5.25. The van der Waals surface area contributed by atoms with Crippen molar-refractivity contribution in [3.8, 4) is 0 Å². The summed E-state index contributed by atoms with van der Waals surface area (Å²) in [5.74, 6) is 0.461. The predicted molar refractivity (Wildman–Crippen MR) is 76.2 cm³/mol. The normalized spacial score (nSPS) is 23.3. The summed E-state index contributed by atoms with van der Waals surface area (Å²) in [6.45, 7) is 2.75. The molecular formula is C14H22N2O2S. The van der Waals surface area contributed by atoms with Crippen LogP contribution >= 0.6 is 11.3 Å². The minimum Gasteiger partial charge on any atom is -0.393 e. The third-order valence-corrected chi connectivity index (χ3v) is 4.63. The predicted octanol–water partition coefficient (Wildman–Crippen LogP) is 1.92. The van der Waals surface area contributed by atoms with Crippen molar-refractivity contribution < 1.29 is 9.90 Å². The van der Waals surface area contributed by atoms with E-state index >= 15 is 0 Å². The maximum Gasteiger partial charge on any atom is 0.226 e. The van der Waals surface area contributed by atoms with Crippen LogP contribution in [0.1, 0.15) is 43.3 Å². The molecule has 0 saturated heterocycles. The van der Waals surface area contributed by atoms with E-state index in [1.165, 1.54) is 0 Å². The van der Waals surface area contributed by atoms with Crippen LogP contribution in [-0.4, -0.2) is 28.6 Å². The average Bonchev–Trinajstić information content (AvgIpc) is 2.84. The first-order valence-electron chi connectivity index (χ1n) is 7.05. The zero-order valence-electron chi connectivity index (χ0n) is 11.4. The summed E-state index contributed by atoms with van der Waals surface area (Å²) in [5.41, 5.74) is 0.864. The SMILES string of the molecule is CCc1nc(CC(=O)NC[C@H]2CCC[C@H](O)C2)cs1. The zero-order valence-corrected chi connectivity index (χ0v) is 12.2. The fourth-order valence-corrected chi connectivity index (χ4v) is 3.27. The van der Waals surface area contributed by atoms with Crippen molar-refractivity contribution in [1.82, 2.24) is 10.3 Å². The van der Waals surface area contributed by atoms with Crippen LogP contribution in [0.4, 0.5) is 0 Å². The van der Waals surface area contributed by atoms with Gasteiger partial charge in [-0.3, -0.25) is 4.79 Å². The van der Waals surface area contributed by atoms with Gasteiger partial charge in [0, 0.05) is 11.9 Å². The number of aryl methyl sites for hydroxylation is 1. The second kappa shape index (κ2) is 7.01. The first-order chi connectivity index (χ1) is 9.17. The first-order valence-corrected chi connectivity index (χ1v) is 7.93. The molecule has 2 rings (SSSR count). The molecule has 0 radical (unpaired) electrons. The number of hydrogen-bond donors (Lipinski definition) is 2.